The summed E-state index contributed by atoms with van der Waals surface area (Å²) in [4.78, 5) is 18.6. The number of piperazine rings is 1. The second-order valence-corrected chi connectivity index (χ2v) is 6.51. The Morgan fingerprint density at radius 1 is 1.40 bits per heavy atom. The molecule has 134 valence electrons. The number of carbonyl (C=O) groups is 1. The van der Waals surface area contributed by atoms with Gasteiger partial charge in [0, 0.05) is 26.1 Å². The molecule has 1 amide bonds. The van der Waals surface area contributed by atoms with Gasteiger partial charge >= 0.3 is 0 Å². The zero-order valence-corrected chi connectivity index (χ0v) is 14.8. The zero-order valence-electron chi connectivity index (χ0n) is 14.8. The maximum atomic E-state index is 12.0. The lowest BCUT2D eigenvalue weighted by molar-refractivity contribution is -0.121. The van der Waals surface area contributed by atoms with E-state index in [9.17, 15) is 4.79 Å². The first-order chi connectivity index (χ1) is 12.1. The molecular weight excluding hydrogens is 318 g/mol. The third-order valence-electron chi connectivity index (χ3n) is 4.49. The van der Waals surface area contributed by atoms with Crippen molar-refractivity contribution in [2.45, 2.75) is 32.4 Å². The standard InChI is InChI=1S/C18H25N5O2/c1-13-3-5-14(6-4-13)7-8-16(24)20-12-17-21-18(22-25-17)15-11-19-9-10-23(15)2/h3-6,15,19H,7-12H2,1-2H3,(H,20,24). The molecule has 0 aliphatic carbocycles. The van der Waals surface area contributed by atoms with Gasteiger partial charge in [0.15, 0.2) is 5.82 Å². The quantitative estimate of drug-likeness (QED) is 0.820. The van der Waals surface area contributed by atoms with Gasteiger partial charge in [-0.15, -0.1) is 0 Å². The Kier molecular flexibility index (Phi) is 5.78. The Labute approximate surface area is 147 Å². The Morgan fingerprint density at radius 2 is 2.20 bits per heavy atom. The molecule has 0 radical (unpaired) electrons. The highest BCUT2D eigenvalue weighted by Crippen LogP contribution is 2.17. The van der Waals surface area contributed by atoms with E-state index in [2.05, 4.69) is 56.9 Å². The number of hydrogen-bond donors (Lipinski definition) is 2. The number of hydrogen-bond acceptors (Lipinski definition) is 6. The predicted octanol–water partition coefficient (Wildman–Crippen LogP) is 1.20. The normalized spacial score (nSPS) is 18.2. The largest absolute Gasteiger partial charge is 0.347 e. The van der Waals surface area contributed by atoms with Crippen LogP contribution < -0.4 is 10.6 Å². The molecule has 1 aromatic carbocycles. The molecule has 1 aliphatic heterocycles. The van der Waals surface area contributed by atoms with Gasteiger partial charge in [-0.05, 0) is 26.0 Å². The van der Waals surface area contributed by atoms with Crippen LogP contribution >= 0.6 is 0 Å². The van der Waals surface area contributed by atoms with Crippen LogP contribution in [0.2, 0.25) is 0 Å². The maximum absolute atomic E-state index is 12.0. The highest BCUT2D eigenvalue weighted by Gasteiger charge is 2.25. The summed E-state index contributed by atoms with van der Waals surface area (Å²) in [5, 5.41) is 10.2. The molecule has 0 saturated carbocycles. The molecule has 1 unspecified atom stereocenters. The van der Waals surface area contributed by atoms with E-state index in [4.69, 9.17) is 4.52 Å². The van der Waals surface area contributed by atoms with Crippen LogP contribution in [0.15, 0.2) is 28.8 Å². The van der Waals surface area contributed by atoms with Crippen molar-refractivity contribution in [1.82, 2.24) is 25.7 Å². The number of carbonyl (C=O) groups excluding carboxylic acids is 1. The van der Waals surface area contributed by atoms with Crippen molar-refractivity contribution in [3.63, 3.8) is 0 Å². The molecule has 1 aliphatic rings. The minimum absolute atomic E-state index is 0.0169. The summed E-state index contributed by atoms with van der Waals surface area (Å²) in [6.07, 6.45) is 1.17. The molecular formula is C18H25N5O2. The minimum Gasteiger partial charge on any atom is -0.347 e. The first-order valence-corrected chi connectivity index (χ1v) is 8.67. The maximum Gasteiger partial charge on any atom is 0.246 e. The van der Waals surface area contributed by atoms with Gasteiger partial charge < -0.3 is 15.2 Å². The van der Waals surface area contributed by atoms with E-state index in [0.717, 1.165) is 31.6 Å². The molecule has 1 atom stereocenters. The van der Waals surface area contributed by atoms with Crippen molar-refractivity contribution >= 4 is 5.91 Å². The molecule has 7 heteroatoms. The fourth-order valence-corrected chi connectivity index (χ4v) is 2.84. The minimum atomic E-state index is -0.0169. The average molecular weight is 343 g/mol. The molecule has 7 nitrogen and oxygen atoms in total. The van der Waals surface area contributed by atoms with Crippen molar-refractivity contribution in [3.8, 4) is 0 Å². The zero-order chi connectivity index (χ0) is 17.6. The summed E-state index contributed by atoms with van der Waals surface area (Å²) in [6, 6.07) is 8.35. The number of aryl methyl sites for hydroxylation is 2. The second-order valence-electron chi connectivity index (χ2n) is 6.51. The SMILES string of the molecule is Cc1ccc(CCC(=O)NCc2nc(C3CNCCN3C)no2)cc1. The third kappa shape index (κ3) is 4.87. The van der Waals surface area contributed by atoms with Crippen LogP contribution in [-0.4, -0.2) is 47.6 Å². The van der Waals surface area contributed by atoms with E-state index >= 15 is 0 Å². The molecule has 25 heavy (non-hydrogen) atoms. The van der Waals surface area contributed by atoms with E-state index in [0.29, 0.717) is 18.1 Å². The molecule has 2 N–H and O–H groups in total. The number of amides is 1. The first-order valence-electron chi connectivity index (χ1n) is 8.67. The van der Waals surface area contributed by atoms with Gasteiger partial charge in [0.2, 0.25) is 11.8 Å². The molecule has 0 bridgehead atoms. The lowest BCUT2D eigenvalue weighted by Gasteiger charge is -2.30. The van der Waals surface area contributed by atoms with Crippen LogP contribution in [0.4, 0.5) is 0 Å². The van der Waals surface area contributed by atoms with Crippen molar-refractivity contribution in [2.24, 2.45) is 0 Å². The fraction of sp³-hybridized carbons (Fsp3) is 0.500. The number of rotatable bonds is 6. The topological polar surface area (TPSA) is 83.3 Å². The van der Waals surface area contributed by atoms with Crippen LogP contribution in [0.3, 0.4) is 0 Å². The van der Waals surface area contributed by atoms with Crippen LogP contribution in [0.5, 0.6) is 0 Å². The lowest BCUT2D eigenvalue weighted by atomic mass is 10.1. The van der Waals surface area contributed by atoms with Gasteiger partial charge in [0.25, 0.3) is 0 Å². The Morgan fingerprint density at radius 3 is 2.96 bits per heavy atom. The van der Waals surface area contributed by atoms with Gasteiger partial charge in [-0.25, -0.2) is 0 Å². The van der Waals surface area contributed by atoms with E-state index in [1.54, 1.807) is 0 Å². The Bertz CT molecular complexity index is 698. The van der Waals surface area contributed by atoms with Crippen molar-refractivity contribution in [1.29, 1.82) is 0 Å². The third-order valence-corrected chi connectivity index (χ3v) is 4.49. The van der Waals surface area contributed by atoms with Crippen molar-refractivity contribution < 1.29 is 9.32 Å². The summed E-state index contributed by atoms with van der Waals surface area (Å²) < 4.78 is 5.26. The van der Waals surface area contributed by atoms with Gasteiger partial charge in [0.1, 0.15) is 0 Å². The van der Waals surface area contributed by atoms with Crippen LogP contribution in [0.25, 0.3) is 0 Å². The van der Waals surface area contributed by atoms with Gasteiger partial charge in [0.05, 0.1) is 12.6 Å². The van der Waals surface area contributed by atoms with E-state index in [-0.39, 0.29) is 18.5 Å². The molecule has 2 heterocycles. The summed E-state index contributed by atoms with van der Waals surface area (Å²) in [5.41, 5.74) is 2.38. The first kappa shape index (κ1) is 17.6. The molecule has 1 fully saturated rings. The van der Waals surface area contributed by atoms with Crippen molar-refractivity contribution in [2.75, 3.05) is 26.7 Å². The molecule has 1 saturated heterocycles. The van der Waals surface area contributed by atoms with E-state index in [1.807, 2.05) is 7.05 Å². The van der Waals surface area contributed by atoms with E-state index in [1.165, 1.54) is 5.56 Å². The molecule has 2 aromatic rings. The average Bonchev–Trinajstić information content (AvgIpc) is 3.08. The summed E-state index contributed by atoms with van der Waals surface area (Å²) in [7, 11) is 2.05. The van der Waals surface area contributed by atoms with Crippen LogP contribution in [-0.2, 0) is 17.8 Å². The van der Waals surface area contributed by atoms with Gasteiger partial charge in [-0.2, -0.15) is 4.98 Å². The van der Waals surface area contributed by atoms with E-state index < -0.39 is 0 Å². The van der Waals surface area contributed by atoms with Crippen molar-refractivity contribution in [3.05, 3.63) is 47.1 Å². The monoisotopic (exact) mass is 343 g/mol. The predicted molar refractivity (Wildman–Crippen MR) is 93.9 cm³/mol. The molecule has 0 spiro atoms. The molecule has 1 aromatic heterocycles. The number of nitrogens with one attached hydrogen (secondary N) is 2. The summed E-state index contributed by atoms with van der Waals surface area (Å²) in [6.45, 7) is 5.04. The second kappa shape index (κ2) is 8.22. The van der Waals surface area contributed by atoms with Gasteiger partial charge in [-0.3, -0.25) is 9.69 Å². The number of benzene rings is 1. The smallest absolute Gasteiger partial charge is 0.246 e. The summed E-state index contributed by atoms with van der Waals surface area (Å²) in [5.74, 6) is 1.09. The van der Waals surface area contributed by atoms with Gasteiger partial charge in [-0.1, -0.05) is 35.0 Å². The number of likely N-dealkylation sites (N-methyl/N-ethyl adjacent to an activating group) is 1. The number of nitrogens with zero attached hydrogens (tertiary/aromatic N) is 3. The van der Waals surface area contributed by atoms with Crippen LogP contribution in [0, 0.1) is 6.92 Å². The Hall–Kier alpha value is -2.25. The van der Waals surface area contributed by atoms with Crippen LogP contribution in [0.1, 0.15) is 35.3 Å². The fourth-order valence-electron chi connectivity index (χ4n) is 2.84. The number of aromatic nitrogens is 2. The Balaban J connectivity index is 1.45. The molecule has 3 rings (SSSR count). The highest BCUT2D eigenvalue weighted by molar-refractivity contribution is 5.76. The lowest BCUT2D eigenvalue weighted by Crippen LogP contribution is -2.44. The summed E-state index contributed by atoms with van der Waals surface area (Å²) >= 11 is 0. The highest BCUT2D eigenvalue weighted by atomic mass is 16.5.